The van der Waals surface area contributed by atoms with Crippen LogP contribution in [0.15, 0.2) is 0 Å². The van der Waals surface area contributed by atoms with E-state index in [1.807, 2.05) is 0 Å². The van der Waals surface area contributed by atoms with Crippen LogP contribution in [0.25, 0.3) is 0 Å². The van der Waals surface area contributed by atoms with Crippen LogP contribution in [0.3, 0.4) is 0 Å². The van der Waals surface area contributed by atoms with Gasteiger partial charge < -0.3 is 15.8 Å². The van der Waals surface area contributed by atoms with Gasteiger partial charge in [-0.3, -0.25) is 0 Å². The van der Waals surface area contributed by atoms with Gasteiger partial charge in [-0.05, 0) is 31.7 Å². The van der Waals surface area contributed by atoms with Gasteiger partial charge >= 0.3 is 0 Å². The van der Waals surface area contributed by atoms with Crippen molar-refractivity contribution in [3.63, 3.8) is 0 Å². The third-order valence-electron chi connectivity index (χ3n) is 3.47. The van der Waals surface area contributed by atoms with Crippen molar-refractivity contribution in [3.8, 4) is 0 Å². The topological polar surface area (TPSA) is 47.3 Å². The van der Waals surface area contributed by atoms with Crippen molar-refractivity contribution < 1.29 is 4.74 Å². The van der Waals surface area contributed by atoms with Gasteiger partial charge in [-0.15, -0.1) is 0 Å². The molecule has 1 fully saturated rings. The van der Waals surface area contributed by atoms with Crippen LogP contribution in [0.4, 0.5) is 0 Å². The minimum Gasteiger partial charge on any atom is -0.383 e. The van der Waals surface area contributed by atoms with Crippen LogP contribution in [0.1, 0.15) is 39.0 Å². The maximum atomic E-state index is 5.82. The predicted molar refractivity (Wildman–Crippen MR) is 63.9 cm³/mol. The van der Waals surface area contributed by atoms with E-state index in [4.69, 9.17) is 10.5 Å². The first-order chi connectivity index (χ1) is 7.26. The van der Waals surface area contributed by atoms with E-state index < -0.39 is 0 Å². The molecule has 0 aliphatic heterocycles. The van der Waals surface area contributed by atoms with E-state index >= 15 is 0 Å². The zero-order valence-corrected chi connectivity index (χ0v) is 10.2. The molecule has 0 aromatic heterocycles. The largest absolute Gasteiger partial charge is 0.383 e. The highest BCUT2D eigenvalue weighted by molar-refractivity contribution is 4.87. The SMILES string of the molecule is CCC(CN)(COC)NCCCC1CC1. The summed E-state index contributed by atoms with van der Waals surface area (Å²) in [5.74, 6) is 1.03. The van der Waals surface area contributed by atoms with E-state index in [1.54, 1.807) is 7.11 Å². The number of hydrogen-bond donors (Lipinski definition) is 2. The van der Waals surface area contributed by atoms with Gasteiger partial charge in [-0.2, -0.15) is 0 Å². The highest BCUT2D eigenvalue weighted by Gasteiger charge is 2.26. The number of nitrogens with two attached hydrogens (primary N) is 1. The molecule has 0 heterocycles. The van der Waals surface area contributed by atoms with E-state index in [2.05, 4.69) is 12.2 Å². The summed E-state index contributed by atoms with van der Waals surface area (Å²) < 4.78 is 5.24. The fourth-order valence-electron chi connectivity index (χ4n) is 1.98. The summed E-state index contributed by atoms with van der Waals surface area (Å²) in [5, 5.41) is 3.57. The van der Waals surface area contributed by atoms with Crippen molar-refractivity contribution in [3.05, 3.63) is 0 Å². The van der Waals surface area contributed by atoms with Crippen LogP contribution in [0, 0.1) is 5.92 Å². The Morgan fingerprint density at radius 1 is 1.47 bits per heavy atom. The Morgan fingerprint density at radius 2 is 2.20 bits per heavy atom. The van der Waals surface area contributed by atoms with Crippen LogP contribution in [0.2, 0.25) is 0 Å². The van der Waals surface area contributed by atoms with E-state index in [0.29, 0.717) is 13.2 Å². The van der Waals surface area contributed by atoms with Crippen LogP contribution in [-0.4, -0.2) is 32.3 Å². The van der Waals surface area contributed by atoms with Gasteiger partial charge in [0.05, 0.1) is 12.1 Å². The lowest BCUT2D eigenvalue weighted by atomic mass is 9.97. The lowest BCUT2D eigenvalue weighted by molar-refractivity contribution is 0.110. The molecule has 1 rings (SSSR count). The Kier molecular flexibility index (Phi) is 5.58. The van der Waals surface area contributed by atoms with Crippen molar-refractivity contribution in [2.75, 3.05) is 26.8 Å². The van der Waals surface area contributed by atoms with Crippen molar-refractivity contribution in [1.29, 1.82) is 0 Å². The zero-order chi connectivity index (χ0) is 11.1. The minimum absolute atomic E-state index is 0.00169. The molecule has 0 radical (unpaired) electrons. The first-order valence-electron chi connectivity index (χ1n) is 6.20. The molecule has 0 spiro atoms. The molecule has 90 valence electrons. The van der Waals surface area contributed by atoms with Gasteiger partial charge in [-0.1, -0.05) is 19.8 Å². The van der Waals surface area contributed by atoms with E-state index in [-0.39, 0.29) is 5.54 Å². The fourth-order valence-corrected chi connectivity index (χ4v) is 1.98. The molecule has 1 aliphatic carbocycles. The van der Waals surface area contributed by atoms with Crippen molar-refractivity contribution in [1.82, 2.24) is 5.32 Å². The predicted octanol–water partition coefficient (Wildman–Crippen LogP) is 1.52. The molecule has 0 aromatic carbocycles. The molecular weight excluding hydrogens is 188 g/mol. The molecule has 0 aromatic rings. The second kappa shape index (κ2) is 6.46. The van der Waals surface area contributed by atoms with E-state index in [9.17, 15) is 0 Å². The smallest absolute Gasteiger partial charge is 0.0656 e. The van der Waals surface area contributed by atoms with E-state index in [1.165, 1.54) is 25.7 Å². The minimum atomic E-state index is -0.00169. The fraction of sp³-hybridized carbons (Fsp3) is 1.00. The van der Waals surface area contributed by atoms with Crippen LogP contribution < -0.4 is 11.1 Å². The highest BCUT2D eigenvalue weighted by Crippen LogP contribution is 2.33. The quantitative estimate of drug-likeness (QED) is 0.572. The number of ether oxygens (including phenoxy) is 1. The molecule has 0 saturated heterocycles. The molecule has 3 heteroatoms. The lowest BCUT2D eigenvalue weighted by Crippen LogP contribution is -2.54. The molecule has 15 heavy (non-hydrogen) atoms. The Balaban J connectivity index is 2.16. The average molecular weight is 214 g/mol. The molecule has 1 unspecified atom stereocenters. The zero-order valence-electron chi connectivity index (χ0n) is 10.2. The second-order valence-corrected chi connectivity index (χ2v) is 4.78. The number of hydrogen-bond acceptors (Lipinski definition) is 3. The first kappa shape index (κ1) is 12.9. The molecule has 1 saturated carbocycles. The second-order valence-electron chi connectivity index (χ2n) is 4.78. The number of nitrogens with one attached hydrogen (secondary N) is 1. The molecule has 3 nitrogen and oxygen atoms in total. The van der Waals surface area contributed by atoms with Gasteiger partial charge in [0.15, 0.2) is 0 Å². The summed E-state index contributed by atoms with van der Waals surface area (Å²) in [7, 11) is 1.74. The number of rotatable bonds is 9. The lowest BCUT2D eigenvalue weighted by Gasteiger charge is -2.32. The average Bonchev–Trinajstić information content (AvgIpc) is 3.07. The summed E-state index contributed by atoms with van der Waals surface area (Å²) in [4.78, 5) is 0. The summed E-state index contributed by atoms with van der Waals surface area (Å²) in [6.07, 6.45) is 6.59. The van der Waals surface area contributed by atoms with Gasteiger partial charge in [0.1, 0.15) is 0 Å². The molecule has 3 N–H and O–H groups in total. The Labute approximate surface area is 93.8 Å². The third-order valence-corrected chi connectivity index (χ3v) is 3.47. The monoisotopic (exact) mass is 214 g/mol. The summed E-state index contributed by atoms with van der Waals surface area (Å²) in [5.41, 5.74) is 5.81. The van der Waals surface area contributed by atoms with Gasteiger partial charge in [0, 0.05) is 13.7 Å². The maximum absolute atomic E-state index is 5.82. The molecule has 1 aliphatic rings. The summed E-state index contributed by atoms with van der Waals surface area (Å²) in [6, 6.07) is 0. The summed E-state index contributed by atoms with van der Waals surface area (Å²) >= 11 is 0. The van der Waals surface area contributed by atoms with Gasteiger partial charge in [0.2, 0.25) is 0 Å². The molecule has 0 amide bonds. The maximum Gasteiger partial charge on any atom is 0.0656 e. The third kappa shape index (κ3) is 4.49. The molecule has 0 bridgehead atoms. The number of methoxy groups -OCH3 is 1. The normalized spacial score (nSPS) is 20.2. The van der Waals surface area contributed by atoms with Crippen molar-refractivity contribution in [2.45, 2.75) is 44.6 Å². The Hall–Kier alpha value is -0.120. The highest BCUT2D eigenvalue weighted by atomic mass is 16.5. The van der Waals surface area contributed by atoms with Gasteiger partial charge in [0.25, 0.3) is 0 Å². The molecule has 1 atom stereocenters. The van der Waals surface area contributed by atoms with Crippen molar-refractivity contribution in [2.24, 2.45) is 11.7 Å². The Bertz CT molecular complexity index is 165. The molecular formula is C12H26N2O. The Morgan fingerprint density at radius 3 is 2.67 bits per heavy atom. The van der Waals surface area contributed by atoms with Crippen LogP contribution in [0.5, 0.6) is 0 Å². The van der Waals surface area contributed by atoms with Crippen molar-refractivity contribution >= 4 is 0 Å². The van der Waals surface area contributed by atoms with Crippen LogP contribution in [-0.2, 0) is 4.74 Å². The van der Waals surface area contributed by atoms with E-state index in [0.717, 1.165) is 18.9 Å². The van der Waals surface area contributed by atoms with Crippen LogP contribution >= 0.6 is 0 Å². The standard InChI is InChI=1S/C12H26N2O/c1-3-12(9-13,10-15-2)14-8-4-5-11-6-7-11/h11,14H,3-10,13H2,1-2H3. The van der Waals surface area contributed by atoms with Gasteiger partial charge in [-0.25, -0.2) is 0 Å². The summed E-state index contributed by atoms with van der Waals surface area (Å²) in [6.45, 7) is 4.61. The first-order valence-corrected chi connectivity index (χ1v) is 6.20.